The minimum Gasteiger partial charge on any atom is -0.367 e. The summed E-state index contributed by atoms with van der Waals surface area (Å²) in [6, 6.07) is 5.64. The highest BCUT2D eigenvalue weighted by Gasteiger charge is 2.21. The summed E-state index contributed by atoms with van der Waals surface area (Å²) in [6.07, 6.45) is 4.50. The highest BCUT2D eigenvalue weighted by Crippen LogP contribution is 2.23. The van der Waals surface area contributed by atoms with E-state index >= 15 is 0 Å². The molecule has 1 aromatic rings. The summed E-state index contributed by atoms with van der Waals surface area (Å²) < 4.78 is 0. The van der Waals surface area contributed by atoms with Gasteiger partial charge in [0.1, 0.15) is 11.9 Å². The molecule has 1 saturated carbocycles. The fraction of sp³-hybridized carbons (Fsp3) is 0.462. The first-order chi connectivity index (χ1) is 8.72. The first-order valence-corrected chi connectivity index (χ1v) is 6.16. The van der Waals surface area contributed by atoms with E-state index in [1.807, 2.05) is 13.0 Å². The van der Waals surface area contributed by atoms with E-state index < -0.39 is 6.04 Å². The molecule has 18 heavy (non-hydrogen) atoms. The van der Waals surface area contributed by atoms with Gasteiger partial charge in [-0.25, -0.2) is 4.98 Å². The van der Waals surface area contributed by atoms with Gasteiger partial charge in [-0.05, 0) is 31.4 Å². The van der Waals surface area contributed by atoms with Gasteiger partial charge in [-0.15, -0.1) is 0 Å². The van der Waals surface area contributed by atoms with E-state index in [-0.39, 0.29) is 5.91 Å². The molecule has 1 aromatic heterocycles. The predicted molar refractivity (Wildman–Crippen MR) is 68.0 cm³/mol. The van der Waals surface area contributed by atoms with E-state index in [1.54, 1.807) is 12.1 Å². The van der Waals surface area contributed by atoms with E-state index in [4.69, 9.17) is 5.26 Å². The molecule has 0 bridgehead atoms. The molecule has 2 N–H and O–H groups in total. The molecule has 94 valence electrons. The third-order valence-corrected chi connectivity index (χ3v) is 2.82. The summed E-state index contributed by atoms with van der Waals surface area (Å²) in [7, 11) is 0. The topological polar surface area (TPSA) is 77.8 Å². The third kappa shape index (κ3) is 3.20. The van der Waals surface area contributed by atoms with Gasteiger partial charge in [-0.1, -0.05) is 6.92 Å². The lowest BCUT2D eigenvalue weighted by Crippen LogP contribution is -2.33. The number of amides is 1. The third-order valence-electron chi connectivity index (χ3n) is 2.82. The van der Waals surface area contributed by atoms with E-state index in [9.17, 15) is 4.79 Å². The van der Waals surface area contributed by atoms with Crippen molar-refractivity contribution in [2.45, 2.75) is 38.3 Å². The van der Waals surface area contributed by atoms with Crippen molar-refractivity contribution < 1.29 is 4.79 Å². The SMILES string of the molecule is CC[C@H](C#N)NC(=O)c1ccc(NC2CC2)nc1. The Morgan fingerprint density at radius 1 is 1.61 bits per heavy atom. The maximum atomic E-state index is 11.8. The highest BCUT2D eigenvalue weighted by atomic mass is 16.1. The number of carbonyl (C=O) groups is 1. The van der Waals surface area contributed by atoms with Crippen LogP contribution in [0.4, 0.5) is 5.82 Å². The Morgan fingerprint density at radius 2 is 2.39 bits per heavy atom. The lowest BCUT2D eigenvalue weighted by molar-refractivity contribution is 0.0944. The first kappa shape index (κ1) is 12.4. The van der Waals surface area contributed by atoms with Crippen LogP contribution >= 0.6 is 0 Å². The Hall–Kier alpha value is -2.09. The lowest BCUT2D eigenvalue weighted by atomic mass is 10.2. The van der Waals surface area contributed by atoms with Gasteiger partial charge in [-0.3, -0.25) is 4.79 Å². The maximum Gasteiger partial charge on any atom is 0.253 e. The van der Waals surface area contributed by atoms with Crippen LogP contribution in [-0.2, 0) is 0 Å². The van der Waals surface area contributed by atoms with Crippen LogP contribution < -0.4 is 10.6 Å². The second-order valence-corrected chi connectivity index (χ2v) is 4.41. The molecule has 5 heteroatoms. The normalized spacial score (nSPS) is 15.6. The van der Waals surface area contributed by atoms with Gasteiger partial charge in [0.05, 0.1) is 11.6 Å². The first-order valence-electron chi connectivity index (χ1n) is 6.16. The number of nitrogens with one attached hydrogen (secondary N) is 2. The van der Waals surface area contributed by atoms with Crippen LogP contribution in [0.1, 0.15) is 36.5 Å². The van der Waals surface area contributed by atoms with Crippen LogP contribution in [0.2, 0.25) is 0 Å². The van der Waals surface area contributed by atoms with Crippen molar-refractivity contribution in [3.05, 3.63) is 23.9 Å². The minimum absolute atomic E-state index is 0.256. The largest absolute Gasteiger partial charge is 0.367 e. The van der Waals surface area contributed by atoms with Crippen LogP contribution in [-0.4, -0.2) is 23.0 Å². The number of anilines is 1. The molecule has 1 fully saturated rings. The van der Waals surface area contributed by atoms with Crippen LogP contribution in [0, 0.1) is 11.3 Å². The molecule has 0 radical (unpaired) electrons. The molecule has 0 unspecified atom stereocenters. The average Bonchev–Trinajstić information content (AvgIpc) is 3.20. The zero-order valence-electron chi connectivity index (χ0n) is 10.3. The van der Waals surface area contributed by atoms with Crippen LogP contribution in [0.25, 0.3) is 0 Å². The second kappa shape index (κ2) is 5.50. The minimum atomic E-state index is -0.443. The van der Waals surface area contributed by atoms with Crippen molar-refractivity contribution in [3.63, 3.8) is 0 Å². The van der Waals surface area contributed by atoms with Crippen molar-refractivity contribution in [3.8, 4) is 6.07 Å². The Labute approximate surface area is 106 Å². The summed E-state index contributed by atoms with van der Waals surface area (Å²) in [5.74, 6) is 0.537. The second-order valence-electron chi connectivity index (χ2n) is 4.41. The number of hydrogen-bond donors (Lipinski definition) is 2. The van der Waals surface area contributed by atoms with Crippen LogP contribution in [0.5, 0.6) is 0 Å². The smallest absolute Gasteiger partial charge is 0.253 e. The fourth-order valence-electron chi connectivity index (χ4n) is 1.52. The molecule has 0 aliphatic heterocycles. The summed E-state index contributed by atoms with van der Waals surface area (Å²) >= 11 is 0. The van der Waals surface area contributed by atoms with Gasteiger partial charge in [0.2, 0.25) is 0 Å². The Morgan fingerprint density at radius 3 is 2.89 bits per heavy atom. The number of nitriles is 1. The van der Waals surface area contributed by atoms with Gasteiger partial charge in [0.15, 0.2) is 0 Å². The zero-order chi connectivity index (χ0) is 13.0. The zero-order valence-corrected chi connectivity index (χ0v) is 10.3. The standard InChI is InChI=1S/C13H16N4O/c1-2-10(7-14)17-13(18)9-3-6-12(15-8-9)16-11-4-5-11/h3,6,8,10-11H,2,4-5H2,1H3,(H,15,16)(H,17,18)/t10-/m1/s1. The molecule has 1 aliphatic rings. The average molecular weight is 244 g/mol. The molecule has 5 nitrogen and oxygen atoms in total. The van der Waals surface area contributed by atoms with Gasteiger partial charge in [0, 0.05) is 12.2 Å². The molecule has 1 amide bonds. The number of aromatic nitrogens is 1. The predicted octanol–water partition coefficient (Wildman–Crippen LogP) is 1.69. The van der Waals surface area contributed by atoms with E-state index in [0.717, 1.165) is 5.82 Å². The van der Waals surface area contributed by atoms with Crippen LogP contribution in [0.3, 0.4) is 0 Å². The molecule has 1 atom stereocenters. The summed E-state index contributed by atoms with van der Waals surface area (Å²) in [5.41, 5.74) is 0.477. The monoisotopic (exact) mass is 244 g/mol. The fourth-order valence-corrected chi connectivity index (χ4v) is 1.52. The van der Waals surface area contributed by atoms with Gasteiger partial charge >= 0.3 is 0 Å². The van der Waals surface area contributed by atoms with E-state index in [2.05, 4.69) is 15.6 Å². The molecule has 1 heterocycles. The van der Waals surface area contributed by atoms with Gasteiger partial charge < -0.3 is 10.6 Å². The van der Waals surface area contributed by atoms with Gasteiger partial charge in [0.25, 0.3) is 5.91 Å². The molecule has 2 rings (SSSR count). The van der Waals surface area contributed by atoms with Crippen molar-refractivity contribution in [2.24, 2.45) is 0 Å². The Balaban J connectivity index is 1.95. The molecule has 0 aromatic carbocycles. The summed E-state index contributed by atoms with van der Waals surface area (Å²) in [4.78, 5) is 16.0. The molecular weight excluding hydrogens is 228 g/mol. The number of nitrogens with zero attached hydrogens (tertiary/aromatic N) is 2. The van der Waals surface area contributed by atoms with Crippen molar-refractivity contribution in [1.29, 1.82) is 5.26 Å². The van der Waals surface area contributed by atoms with Crippen LogP contribution in [0.15, 0.2) is 18.3 Å². The Kier molecular flexibility index (Phi) is 3.78. The number of pyridine rings is 1. The van der Waals surface area contributed by atoms with Gasteiger partial charge in [-0.2, -0.15) is 5.26 Å². The maximum absolute atomic E-state index is 11.8. The van der Waals surface area contributed by atoms with E-state index in [0.29, 0.717) is 18.0 Å². The Bertz CT molecular complexity index is 459. The van der Waals surface area contributed by atoms with Crippen molar-refractivity contribution >= 4 is 11.7 Å². The van der Waals surface area contributed by atoms with Crippen molar-refractivity contribution in [2.75, 3.05) is 5.32 Å². The highest BCUT2D eigenvalue weighted by molar-refractivity contribution is 5.94. The quantitative estimate of drug-likeness (QED) is 0.826. The molecule has 1 aliphatic carbocycles. The molecule has 0 saturated heterocycles. The number of carbonyl (C=O) groups excluding carboxylic acids is 1. The number of rotatable bonds is 5. The van der Waals surface area contributed by atoms with E-state index in [1.165, 1.54) is 19.0 Å². The number of hydrogen-bond acceptors (Lipinski definition) is 4. The molecular formula is C13H16N4O. The van der Waals surface area contributed by atoms with Crippen molar-refractivity contribution in [1.82, 2.24) is 10.3 Å². The molecule has 0 spiro atoms. The summed E-state index contributed by atoms with van der Waals surface area (Å²) in [6.45, 7) is 1.86. The lowest BCUT2D eigenvalue weighted by Gasteiger charge is -2.09. The summed E-state index contributed by atoms with van der Waals surface area (Å²) in [5, 5.41) is 14.7.